The third-order valence-electron chi connectivity index (χ3n) is 15.2. The molecule has 0 amide bonds. The van der Waals surface area contributed by atoms with E-state index in [0.717, 1.165) is 22.7 Å². The molecule has 14 rings (SSSR count). The molecule has 0 fully saturated rings. The van der Waals surface area contributed by atoms with Gasteiger partial charge in [0.25, 0.3) is 0 Å². The van der Waals surface area contributed by atoms with Crippen LogP contribution in [0, 0.1) is 0 Å². The lowest BCUT2D eigenvalue weighted by Gasteiger charge is -2.28. The number of aromatic nitrogens is 1. The summed E-state index contributed by atoms with van der Waals surface area (Å²) < 4.78 is 5.10. The topological polar surface area (TPSA) is 8.17 Å². The molecule has 0 aliphatic heterocycles. The highest BCUT2D eigenvalue weighted by Gasteiger charge is 2.35. The molecular formula is C69H48N2S. The molecule has 0 atom stereocenters. The van der Waals surface area contributed by atoms with Crippen molar-refractivity contribution < 1.29 is 0 Å². The number of anilines is 3. The zero-order valence-corrected chi connectivity index (χ0v) is 40.9. The summed E-state index contributed by atoms with van der Waals surface area (Å²) in [6, 6.07) is 93.9. The molecule has 1 aliphatic carbocycles. The first kappa shape index (κ1) is 42.1. The average Bonchev–Trinajstić information content (AvgIpc) is 4.07. The molecule has 1 aliphatic rings. The van der Waals surface area contributed by atoms with Crippen LogP contribution in [0.3, 0.4) is 0 Å². The summed E-state index contributed by atoms with van der Waals surface area (Å²) in [5, 5.41) is 5.20. The fraction of sp³-hybridized carbons (Fsp3) is 0.0435. The summed E-state index contributed by atoms with van der Waals surface area (Å²) in [7, 11) is 0. The van der Waals surface area contributed by atoms with Gasteiger partial charge in [-0.15, -0.1) is 11.3 Å². The first-order valence-electron chi connectivity index (χ1n) is 24.9. The van der Waals surface area contributed by atoms with Gasteiger partial charge in [0.2, 0.25) is 0 Å². The molecule has 13 aromatic rings. The van der Waals surface area contributed by atoms with Gasteiger partial charge in [-0.25, -0.2) is 0 Å². The van der Waals surface area contributed by atoms with E-state index < -0.39 is 0 Å². The van der Waals surface area contributed by atoms with Crippen LogP contribution in [0.25, 0.3) is 103 Å². The Balaban J connectivity index is 0.821. The highest BCUT2D eigenvalue weighted by atomic mass is 32.1. The Bertz CT molecular complexity index is 4180. The van der Waals surface area contributed by atoms with E-state index in [9.17, 15) is 0 Å². The second-order valence-corrected chi connectivity index (χ2v) is 20.7. The molecule has 340 valence electrons. The van der Waals surface area contributed by atoms with Crippen molar-refractivity contribution in [1.82, 2.24) is 4.57 Å². The highest BCUT2D eigenvalue weighted by molar-refractivity contribution is 7.26. The molecule has 0 N–H and O–H groups in total. The van der Waals surface area contributed by atoms with Gasteiger partial charge in [0.05, 0.1) is 11.0 Å². The van der Waals surface area contributed by atoms with Gasteiger partial charge in [-0.2, -0.15) is 0 Å². The van der Waals surface area contributed by atoms with Crippen molar-refractivity contribution in [2.24, 2.45) is 0 Å². The van der Waals surface area contributed by atoms with Gasteiger partial charge < -0.3 is 9.47 Å². The van der Waals surface area contributed by atoms with E-state index in [2.05, 4.69) is 278 Å². The normalized spacial score (nSPS) is 12.7. The second kappa shape index (κ2) is 16.7. The molecular weight excluding hydrogens is 889 g/mol. The van der Waals surface area contributed by atoms with Crippen molar-refractivity contribution in [1.29, 1.82) is 0 Å². The highest BCUT2D eigenvalue weighted by Crippen LogP contribution is 2.51. The number of nitrogens with zero attached hydrogens (tertiary/aromatic N) is 2. The average molecular weight is 937 g/mol. The summed E-state index contributed by atoms with van der Waals surface area (Å²) >= 11 is 1.90. The molecule has 0 unspecified atom stereocenters. The lowest BCUT2D eigenvalue weighted by molar-refractivity contribution is 0.660. The van der Waals surface area contributed by atoms with Crippen LogP contribution < -0.4 is 4.90 Å². The standard InChI is InChI=1S/C69H48N2S/c1-69(2)62-19-11-9-17-57(62)58-39-38-56(44-63(58)69)70(53-32-25-48(26-33-53)45-13-5-3-6-14-45)54-34-27-50(28-35-54)47-21-23-51(24-22-47)52-31-41-64-61(43-52)67-65(42-40-60-59-18-10-12-20-66(59)72-68(60)67)71(64)55-36-29-49(30-37-55)46-15-7-4-8-16-46/h3-44H,1-2H3. The molecule has 0 saturated carbocycles. The van der Waals surface area contributed by atoms with Gasteiger partial charge in [-0.05, 0) is 140 Å². The fourth-order valence-electron chi connectivity index (χ4n) is 11.5. The summed E-state index contributed by atoms with van der Waals surface area (Å²) in [5.41, 5.74) is 21.9. The minimum absolute atomic E-state index is 0.104. The van der Waals surface area contributed by atoms with E-state index in [-0.39, 0.29) is 5.41 Å². The van der Waals surface area contributed by atoms with Crippen LogP contribution in [0.15, 0.2) is 255 Å². The molecule has 3 heteroatoms. The van der Waals surface area contributed by atoms with E-state index in [1.165, 1.54) is 109 Å². The summed E-state index contributed by atoms with van der Waals surface area (Å²) in [6.07, 6.45) is 0. The maximum absolute atomic E-state index is 2.45. The van der Waals surface area contributed by atoms with Crippen LogP contribution >= 0.6 is 11.3 Å². The van der Waals surface area contributed by atoms with E-state index in [4.69, 9.17) is 0 Å². The summed E-state index contributed by atoms with van der Waals surface area (Å²) in [6.45, 7) is 4.71. The van der Waals surface area contributed by atoms with Crippen LogP contribution in [0.2, 0.25) is 0 Å². The smallest absolute Gasteiger partial charge is 0.0555 e. The zero-order chi connectivity index (χ0) is 47.9. The van der Waals surface area contributed by atoms with Crippen LogP contribution in [0.5, 0.6) is 0 Å². The third kappa shape index (κ3) is 6.84. The van der Waals surface area contributed by atoms with Gasteiger partial charge in [-0.3, -0.25) is 0 Å². The number of rotatable bonds is 8. The number of thiophene rings is 1. The molecule has 11 aromatic carbocycles. The predicted octanol–water partition coefficient (Wildman–Crippen LogP) is 19.6. The Labute approximate surface area is 424 Å². The maximum Gasteiger partial charge on any atom is 0.0555 e. The van der Waals surface area contributed by atoms with Crippen molar-refractivity contribution in [2.75, 3.05) is 4.90 Å². The van der Waals surface area contributed by atoms with E-state index in [1.807, 2.05) is 11.3 Å². The minimum atomic E-state index is -0.104. The van der Waals surface area contributed by atoms with Crippen molar-refractivity contribution in [3.63, 3.8) is 0 Å². The molecule has 0 bridgehead atoms. The van der Waals surface area contributed by atoms with E-state index >= 15 is 0 Å². The van der Waals surface area contributed by atoms with Crippen LogP contribution in [0.4, 0.5) is 17.1 Å². The van der Waals surface area contributed by atoms with Crippen LogP contribution in [0.1, 0.15) is 25.0 Å². The van der Waals surface area contributed by atoms with Gasteiger partial charge in [0.15, 0.2) is 0 Å². The summed E-state index contributed by atoms with van der Waals surface area (Å²) in [5.74, 6) is 0. The Morgan fingerprint density at radius 3 is 1.49 bits per heavy atom. The fourth-order valence-corrected chi connectivity index (χ4v) is 12.8. The molecule has 2 nitrogen and oxygen atoms in total. The van der Waals surface area contributed by atoms with Gasteiger partial charge in [-0.1, -0.05) is 196 Å². The first-order chi connectivity index (χ1) is 35.4. The Hall–Kier alpha value is -8.76. The molecule has 72 heavy (non-hydrogen) atoms. The SMILES string of the molecule is CC1(C)c2ccccc2-c2ccc(N(c3ccc(-c4ccccc4)cc3)c3ccc(-c4ccc(-c5ccc6c(c5)c5c7sc8ccccc8c7ccc5n6-c5ccc(-c6ccccc6)cc5)cc4)cc3)cc21. The van der Waals surface area contributed by atoms with Crippen LogP contribution in [-0.4, -0.2) is 4.57 Å². The predicted molar refractivity (Wildman–Crippen MR) is 308 cm³/mol. The van der Waals surface area contributed by atoms with Crippen LogP contribution in [-0.2, 0) is 5.41 Å². The number of fused-ring (bicyclic) bond motifs is 10. The maximum atomic E-state index is 2.45. The van der Waals surface area contributed by atoms with Crippen molar-refractivity contribution in [3.05, 3.63) is 266 Å². The largest absolute Gasteiger partial charge is 0.310 e. The number of hydrogen-bond acceptors (Lipinski definition) is 2. The first-order valence-corrected chi connectivity index (χ1v) is 25.7. The van der Waals surface area contributed by atoms with E-state index in [0.29, 0.717) is 0 Å². The Morgan fingerprint density at radius 1 is 0.347 bits per heavy atom. The molecule has 2 heterocycles. The van der Waals surface area contributed by atoms with Crippen molar-refractivity contribution in [2.45, 2.75) is 19.3 Å². The van der Waals surface area contributed by atoms with Gasteiger partial charge >= 0.3 is 0 Å². The molecule has 0 spiro atoms. The molecule has 2 aromatic heterocycles. The lowest BCUT2D eigenvalue weighted by atomic mass is 9.82. The van der Waals surface area contributed by atoms with Gasteiger partial charge in [0, 0.05) is 59.1 Å². The zero-order valence-electron chi connectivity index (χ0n) is 40.1. The number of hydrogen-bond donors (Lipinski definition) is 0. The molecule has 0 saturated heterocycles. The van der Waals surface area contributed by atoms with Gasteiger partial charge in [0.1, 0.15) is 0 Å². The Morgan fingerprint density at radius 2 is 0.833 bits per heavy atom. The lowest BCUT2D eigenvalue weighted by Crippen LogP contribution is -2.16. The molecule has 0 radical (unpaired) electrons. The third-order valence-corrected chi connectivity index (χ3v) is 16.4. The second-order valence-electron chi connectivity index (χ2n) is 19.7. The number of benzene rings is 11. The van der Waals surface area contributed by atoms with E-state index in [1.54, 1.807) is 0 Å². The van der Waals surface area contributed by atoms with Crippen molar-refractivity contribution >= 4 is 70.4 Å². The Kier molecular flexibility index (Phi) is 9.77. The quantitative estimate of drug-likeness (QED) is 0.147. The summed E-state index contributed by atoms with van der Waals surface area (Å²) in [4.78, 5) is 2.40. The van der Waals surface area contributed by atoms with Crippen molar-refractivity contribution in [3.8, 4) is 61.3 Å². The monoisotopic (exact) mass is 936 g/mol. The minimum Gasteiger partial charge on any atom is -0.310 e.